The van der Waals surface area contributed by atoms with Crippen LogP contribution in [0.25, 0.3) is 0 Å². The van der Waals surface area contributed by atoms with Gasteiger partial charge in [0.1, 0.15) is 5.82 Å². The molecule has 3 nitrogen and oxygen atoms in total. The Kier molecular flexibility index (Phi) is 4.69. The van der Waals surface area contributed by atoms with E-state index in [1.54, 1.807) is 12.1 Å². The van der Waals surface area contributed by atoms with Crippen molar-refractivity contribution in [2.75, 3.05) is 20.1 Å². The van der Waals surface area contributed by atoms with Crippen LogP contribution >= 0.6 is 0 Å². The molecule has 1 fully saturated rings. The summed E-state index contributed by atoms with van der Waals surface area (Å²) in [6.45, 7) is 1.69. The highest BCUT2D eigenvalue weighted by Crippen LogP contribution is 2.18. The predicted octanol–water partition coefficient (Wildman–Crippen LogP) is 1.37. The van der Waals surface area contributed by atoms with Crippen molar-refractivity contribution in [3.05, 3.63) is 35.6 Å². The Morgan fingerprint density at radius 1 is 1.44 bits per heavy atom. The third kappa shape index (κ3) is 4.37. The lowest BCUT2D eigenvalue weighted by Crippen LogP contribution is -2.37. The van der Waals surface area contributed by atoms with E-state index in [4.69, 9.17) is 0 Å². The van der Waals surface area contributed by atoms with E-state index in [0.29, 0.717) is 31.2 Å². The first-order valence-electron chi connectivity index (χ1n) is 6.48. The highest BCUT2D eigenvalue weighted by molar-refractivity contribution is 5.16. The van der Waals surface area contributed by atoms with Crippen LogP contribution in [-0.4, -0.2) is 42.3 Å². The first kappa shape index (κ1) is 13.5. The maximum absolute atomic E-state index is 13.4. The molecule has 0 aromatic heterocycles. The number of aliphatic hydroxyl groups excluding tert-OH is 1. The summed E-state index contributed by atoms with van der Waals surface area (Å²) in [5.41, 5.74) is 0.669. The summed E-state index contributed by atoms with van der Waals surface area (Å²) >= 11 is 0. The molecule has 1 saturated carbocycles. The summed E-state index contributed by atoms with van der Waals surface area (Å²) in [5.74, 6) is -0.185. The second-order valence-electron chi connectivity index (χ2n) is 5.12. The Labute approximate surface area is 108 Å². The van der Waals surface area contributed by atoms with Gasteiger partial charge in [-0.05, 0) is 26.0 Å². The standard InChI is InChI=1S/C14H21FN2O/c1-17(9-11-4-2-3-5-14(11)15)10-13(18)8-16-12-6-7-12/h2-5,12-13,16,18H,6-10H2,1H3. The molecule has 1 unspecified atom stereocenters. The van der Waals surface area contributed by atoms with Gasteiger partial charge in [-0.25, -0.2) is 4.39 Å². The van der Waals surface area contributed by atoms with Crippen LogP contribution in [0.4, 0.5) is 4.39 Å². The number of rotatable bonds is 7. The molecule has 0 bridgehead atoms. The second kappa shape index (κ2) is 6.27. The molecule has 1 atom stereocenters. The van der Waals surface area contributed by atoms with E-state index >= 15 is 0 Å². The summed E-state index contributed by atoms with van der Waals surface area (Å²) in [6.07, 6.45) is 2.04. The van der Waals surface area contributed by atoms with Gasteiger partial charge in [0.15, 0.2) is 0 Å². The number of hydrogen-bond donors (Lipinski definition) is 2. The van der Waals surface area contributed by atoms with Crippen LogP contribution < -0.4 is 5.32 Å². The molecule has 0 radical (unpaired) electrons. The lowest BCUT2D eigenvalue weighted by molar-refractivity contribution is 0.120. The molecule has 1 aliphatic carbocycles. The number of likely N-dealkylation sites (N-methyl/N-ethyl adjacent to an activating group) is 1. The van der Waals surface area contributed by atoms with Gasteiger partial charge in [0.2, 0.25) is 0 Å². The number of benzene rings is 1. The third-order valence-electron chi connectivity index (χ3n) is 3.14. The van der Waals surface area contributed by atoms with Gasteiger partial charge in [0.05, 0.1) is 6.10 Å². The molecule has 2 rings (SSSR count). The fourth-order valence-electron chi connectivity index (χ4n) is 2.00. The molecule has 2 N–H and O–H groups in total. The fourth-order valence-corrected chi connectivity index (χ4v) is 2.00. The number of nitrogens with one attached hydrogen (secondary N) is 1. The van der Waals surface area contributed by atoms with Crippen molar-refractivity contribution >= 4 is 0 Å². The van der Waals surface area contributed by atoms with E-state index < -0.39 is 6.10 Å². The number of nitrogens with zero attached hydrogens (tertiary/aromatic N) is 1. The molecule has 0 amide bonds. The van der Waals surface area contributed by atoms with Gasteiger partial charge >= 0.3 is 0 Å². The summed E-state index contributed by atoms with van der Waals surface area (Å²) < 4.78 is 13.4. The van der Waals surface area contributed by atoms with Crippen molar-refractivity contribution in [3.63, 3.8) is 0 Å². The molecular formula is C14H21FN2O. The molecule has 0 saturated heterocycles. The maximum atomic E-state index is 13.4. The van der Waals surface area contributed by atoms with Crippen molar-refractivity contribution in [2.45, 2.75) is 31.5 Å². The van der Waals surface area contributed by atoms with E-state index in [0.717, 1.165) is 0 Å². The van der Waals surface area contributed by atoms with Crippen LogP contribution in [0, 0.1) is 5.82 Å². The van der Waals surface area contributed by atoms with Gasteiger partial charge in [-0.1, -0.05) is 18.2 Å². The average Bonchev–Trinajstić information content (AvgIpc) is 3.13. The summed E-state index contributed by atoms with van der Waals surface area (Å²) in [5, 5.41) is 13.1. The number of halogens is 1. The zero-order chi connectivity index (χ0) is 13.0. The van der Waals surface area contributed by atoms with Crippen LogP contribution in [0.2, 0.25) is 0 Å². The first-order chi connectivity index (χ1) is 8.65. The van der Waals surface area contributed by atoms with Crippen LogP contribution in [0.15, 0.2) is 24.3 Å². The summed E-state index contributed by atoms with van der Waals surface area (Å²) in [7, 11) is 1.90. The van der Waals surface area contributed by atoms with Gasteiger partial charge < -0.3 is 10.4 Å². The zero-order valence-electron chi connectivity index (χ0n) is 10.8. The molecule has 0 heterocycles. The van der Waals surface area contributed by atoms with Crippen LogP contribution in [0.3, 0.4) is 0 Å². The van der Waals surface area contributed by atoms with Crippen LogP contribution in [0.5, 0.6) is 0 Å². The van der Waals surface area contributed by atoms with E-state index in [-0.39, 0.29) is 5.82 Å². The minimum atomic E-state index is -0.401. The smallest absolute Gasteiger partial charge is 0.127 e. The first-order valence-corrected chi connectivity index (χ1v) is 6.48. The highest BCUT2D eigenvalue weighted by atomic mass is 19.1. The molecule has 4 heteroatoms. The van der Waals surface area contributed by atoms with Crippen LogP contribution in [0.1, 0.15) is 18.4 Å². The van der Waals surface area contributed by atoms with Gasteiger partial charge in [0.25, 0.3) is 0 Å². The quantitative estimate of drug-likeness (QED) is 0.769. The van der Waals surface area contributed by atoms with E-state index in [1.165, 1.54) is 18.9 Å². The molecule has 0 aliphatic heterocycles. The molecule has 100 valence electrons. The van der Waals surface area contributed by atoms with Gasteiger partial charge in [-0.15, -0.1) is 0 Å². The van der Waals surface area contributed by atoms with E-state index in [9.17, 15) is 9.50 Å². The Hall–Kier alpha value is -0.970. The van der Waals surface area contributed by atoms with E-state index in [1.807, 2.05) is 18.0 Å². The second-order valence-corrected chi connectivity index (χ2v) is 5.12. The molecule has 18 heavy (non-hydrogen) atoms. The van der Waals surface area contributed by atoms with Gasteiger partial charge in [-0.3, -0.25) is 4.90 Å². The van der Waals surface area contributed by atoms with Crippen LogP contribution in [-0.2, 0) is 6.54 Å². The third-order valence-corrected chi connectivity index (χ3v) is 3.14. The Morgan fingerprint density at radius 2 is 2.17 bits per heavy atom. The Balaban J connectivity index is 1.73. The van der Waals surface area contributed by atoms with Gasteiger partial charge in [-0.2, -0.15) is 0 Å². The van der Waals surface area contributed by atoms with Crippen molar-refractivity contribution in [2.24, 2.45) is 0 Å². The van der Waals surface area contributed by atoms with E-state index in [2.05, 4.69) is 5.32 Å². The number of hydrogen-bond acceptors (Lipinski definition) is 3. The predicted molar refractivity (Wildman–Crippen MR) is 69.8 cm³/mol. The lowest BCUT2D eigenvalue weighted by atomic mass is 10.2. The monoisotopic (exact) mass is 252 g/mol. The average molecular weight is 252 g/mol. The molecule has 1 aromatic carbocycles. The van der Waals surface area contributed by atoms with Crippen molar-refractivity contribution < 1.29 is 9.50 Å². The maximum Gasteiger partial charge on any atom is 0.127 e. The van der Waals surface area contributed by atoms with Gasteiger partial charge in [0, 0.05) is 31.2 Å². The molecule has 1 aliphatic rings. The Morgan fingerprint density at radius 3 is 2.83 bits per heavy atom. The topological polar surface area (TPSA) is 35.5 Å². The Bertz CT molecular complexity index is 382. The summed E-state index contributed by atoms with van der Waals surface area (Å²) in [6, 6.07) is 7.37. The molecule has 0 spiro atoms. The fraction of sp³-hybridized carbons (Fsp3) is 0.571. The van der Waals surface area contributed by atoms with Crippen molar-refractivity contribution in [1.29, 1.82) is 0 Å². The number of aliphatic hydroxyl groups is 1. The lowest BCUT2D eigenvalue weighted by Gasteiger charge is -2.21. The normalized spacial score (nSPS) is 17.1. The van der Waals surface area contributed by atoms with Crippen molar-refractivity contribution in [3.8, 4) is 0 Å². The minimum absolute atomic E-state index is 0.185. The highest BCUT2D eigenvalue weighted by Gasteiger charge is 2.21. The molecule has 1 aromatic rings. The largest absolute Gasteiger partial charge is 0.390 e. The molecular weight excluding hydrogens is 231 g/mol. The zero-order valence-corrected chi connectivity index (χ0v) is 10.8. The summed E-state index contributed by atoms with van der Waals surface area (Å²) in [4.78, 5) is 1.94. The SMILES string of the molecule is CN(Cc1ccccc1F)CC(O)CNC1CC1. The minimum Gasteiger partial charge on any atom is -0.390 e. The van der Waals surface area contributed by atoms with Crippen molar-refractivity contribution in [1.82, 2.24) is 10.2 Å².